The lowest BCUT2D eigenvalue weighted by Crippen LogP contribution is -2.13. The summed E-state index contributed by atoms with van der Waals surface area (Å²) in [4.78, 5) is 0. The molecule has 0 aromatic heterocycles. The van der Waals surface area contributed by atoms with Gasteiger partial charge in [0.05, 0.1) is 0 Å². The van der Waals surface area contributed by atoms with Crippen LogP contribution in [0.4, 0.5) is 4.39 Å². The molecule has 2 aromatic carbocycles. The highest BCUT2D eigenvalue weighted by molar-refractivity contribution is 5.28. The van der Waals surface area contributed by atoms with Crippen LogP contribution in [0.15, 0.2) is 42.5 Å². The zero-order chi connectivity index (χ0) is 13.8. The number of nitrogens with two attached hydrogens (primary N) is 1. The third-order valence-electron chi connectivity index (χ3n) is 3.54. The fraction of sp³-hybridized carbons (Fsp3) is 0.294. The minimum atomic E-state index is -0.250. The van der Waals surface area contributed by atoms with E-state index in [1.54, 1.807) is 6.07 Å². The second-order valence-electron chi connectivity index (χ2n) is 5.10. The van der Waals surface area contributed by atoms with Crippen molar-refractivity contribution in [3.8, 4) is 0 Å². The molecule has 0 saturated carbocycles. The Kier molecular flexibility index (Phi) is 4.33. The molecule has 0 heterocycles. The molecule has 2 heteroatoms. The third kappa shape index (κ3) is 3.42. The van der Waals surface area contributed by atoms with Crippen molar-refractivity contribution in [3.05, 3.63) is 70.5 Å². The molecule has 0 bridgehead atoms. The van der Waals surface area contributed by atoms with Gasteiger partial charge in [-0.25, -0.2) is 4.39 Å². The fourth-order valence-electron chi connectivity index (χ4n) is 2.30. The molecule has 0 saturated heterocycles. The lowest BCUT2D eigenvalue weighted by Gasteiger charge is -2.14. The van der Waals surface area contributed by atoms with Crippen LogP contribution >= 0.6 is 0 Å². The lowest BCUT2D eigenvalue weighted by molar-refractivity contribution is 0.563. The monoisotopic (exact) mass is 257 g/mol. The van der Waals surface area contributed by atoms with E-state index >= 15 is 0 Å². The van der Waals surface area contributed by atoms with Crippen LogP contribution < -0.4 is 5.73 Å². The standard InChI is InChI=1S/C17H20FN/c1-12-7-9-16(18)15(11-12)17(19)10-8-14-6-4-3-5-13(14)2/h3-7,9,11,17H,8,10,19H2,1-2H3. The van der Waals surface area contributed by atoms with Gasteiger partial charge < -0.3 is 5.73 Å². The maximum absolute atomic E-state index is 13.7. The van der Waals surface area contributed by atoms with E-state index in [2.05, 4.69) is 19.1 Å². The average Bonchev–Trinajstić information content (AvgIpc) is 2.40. The van der Waals surface area contributed by atoms with Gasteiger partial charge in [0.15, 0.2) is 0 Å². The van der Waals surface area contributed by atoms with E-state index in [1.807, 2.05) is 25.1 Å². The largest absolute Gasteiger partial charge is 0.324 e. The van der Waals surface area contributed by atoms with E-state index in [0.29, 0.717) is 5.56 Å². The summed E-state index contributed by atoms with van der Waals surface area (Å²) >= 11 is 0. The Hall–Kier alpha value is -1.67. The molecule has 0 fully saturated rings. The second kappa shape index (κ2) is 5.98. The van der Waals surface area contributed by atoms with Crippen LogP contribution in [0.2, 0.25) is 0 Å². The van der Waals surface area contributed by atoms with E-state index in [0.717, 1.165) is 18.4 Å². The first kappa shape index (κ1) is 13.8. The van der Waals surface area contributed by atoms with Crippen molar-refractivity contribution in [3.63, 3.8) is 0 Å². The molecule has 2 aromatic rings. The van der Waals surface area contributed by atoms with Crippen molar-refractivity contribution in [1.29, 1.82) is 0 Å². The molecular formula is C17H20FN. The van der Waals surface area contributed by atoms with Crippen LogP contribution in [0.5, 0.6) is 0 Å². The summed E-state index contributed by atoms with van der Waals surface area (Å²) in [7, 11) is 0. The van der Waals surface area contributed by atoms with Crippen LogP contribution in [0.3, 0.4) is 0 Å². The van der Waals surface area contributed by atoms with Crippen molar-refractivity contribution in [2.24, 2.45) is 5.73 Å². The molecule has 19 heavy (non-hydrogen) atoms. The van der Waals surface area contributed by atoms with Gasteiger partial charge in [0, 0.05) is 11.6 Å². The Bertz CT molecular complexity index is 563. The van der Waals surface area contributed by atoms with E-state index < -0.39 is 0 Å². The van der Waals surface area contributed by atoms with Crippen molar-refractivity contribution < 1.29 is 4.39 Å². The van der Waals surface area contributed by atoms with Crippen LogP contribution in [0.25, 0.3) is 0 Å². The highest BCUT2D eigenvalue weighted by atomic mass is 19.1. The zero-order valence-corrected chi connectivity index (χ0v) is 11.5. The number of benzene rings is 2. The highest BCUT2D eigenvalue weighted by Crippen LogP contribution is 2.22. The van der Waals surface area contributed by atoms with E-state index in [9.17, 15) is 4.39 Å². The summed E-state index contributed by atoms with van der Waals surface area (Å²) in [6.45, 7) is 4.05. The van der Waals surface area contributed by atoms with Gasteiger partial charge in [0.1, 0.15) is 5.82 Å². The summed E-state index contributed by atoms with van der Waals surface area (Å²) in [5, 5.41) is 0. The Morgan fingerprint density at radius 1 is 1.11 bits per heavy atom. The summed E-state index contributed by atoms with van der Waals surface area (Å²) in [5.41, 5.74) is 10.3. The molecule has 1 unspecified atom stereocenters. The summed E-state index contributed by atoms with van der Waals surface area (Å²) in [6.07, 6.45) is 1.63. The first-order chi connectivity index (χ1) is 9.08. The maximum Gasteiger partial charge on any atom is 0.127 e. The predicted molar refractivity (Wildman–Crippen MR) is 77.6 cm³/mol. The number of rotatable bonds is 4. The number of aryl methyl sites for hydroxylation is 3. The average molecular weight is 257 g/mol. The fourth-order valence-corrected chi connectivity index (χ4v) is 2.30. The van der Waals surface area contributed by atoms with E-state index in [4.69, 9.17) is 5.73 Å². The van der Waals surface area contributed by atoms with Gasteiger partial charge in [-0.3, -0.25) is 0 Å². The van der Waals surface area contributed by atoms with Gasteiger partial charge in [0.25, 0.3) is 0 Å². The van der Waals surface area contributed by atoms with Gasteiger partial charge in [0.2, 0.25) is 0 Å². The van der Waals surface area contributed by atoms with Gasteiger partial charge >= 0.3 is 0 Å². The number of hydrogen-bond donors (Lipinski definition) is 1. The van der Waals surface area contributed by atoms with Crippen LogP contribution in [-0.4, -0.2) is 0 Å². The lowest BCUT2D eigenvalue weighted by atomic mass is 9.96. The SMILES string of the molecule is Cc1ccc(F)c(C(N)CCc2ccccc2C)c1. The zero-order valence-electron chi connectivity index (χ0n) is 11.5. The smallest absolute Gasteiger partial charge is 0.127 e. The Balaban J connectivity index is 2.07. The number of halogens is 1. The minimum Gasteiger partial charge on any atom is -0.324 e. The normalized spacial score (nSPS) is 12.4. The predicted octanol–water partition coefficient (Wildman–Crippen LogP) is 4.08. The quantitative estimate of drug-likeness (QED) is 0.877. The molecular weight excluding hydrogens is 237 g/mol. The Morgan fingerprint density at radius 2 is 1.84 bits per heavy atom. The summed E-state index contributed by atoms with van der Waals surface area (Å²) in [6, 6.07) is 13.1. The minimum absolute atomic E-state index is 0.206. The van der Waals surface area contributed by atoms with Crippen molar-refractivity contribution in [2.45, 2.75) is 32.7 Å². The second-order valence-corrected chi connectivity index (χ2v) is 5.10. The van der Waals surface area contributed by atoms with Crippen LogP contribution in [-0.2, 0) is 6.42 Å². The van der Waals surface area contributed by atoms with Crippen molar-refractivity contribution in [2.75, 3.05) is 0 Å². The molecule has 0 radical (unpaired) electrons. The van der Waals surface area contributed by atoms with Gasteiger partial charge in [-0.1, -0.05) is 42.0 Å². The van der Waals surface area contributed by atoms with Crippen molar-refractivity contribution in [1.82, 2.24) is 0 Å². The molecule has 0 aliphatic heterocycles. The highest BCUT2D eigenvalue weighted by Gasteiger charge is 2.12. The molecule has 1 atom stereocenters. The molecule has 100 valence electrons. The molecule has 0 aliphatic rings. The summed E-state index contributed by atoms with van der Waals surface area (Å²) < 4.78 is 13.7. The first-order valence-electron chi connectivity index (χ1n) is 6.64. The molecule has 2 rings (SSSR count). The molecule has 1 nitrogen and oxygen atoms in total. The van der Waals surface area contributed by atoms with Crippen molar-refractivity contribution >= 4 is 0 Å². The Labute approximate surface area is 114 Å². The molecule has 0 amide bonds. The maximum atomic E-state index is 13.7. The summed E-state index contributed by atoms with van der Waals surface area (Å²) in [5.74, 6) is -0.206. The van der Waals surface area contributed by atoms with Gasteiger partial charge in [-0.2, -0.15) is 0 Å². The topological polar surface area (TPSA) is 26.0 Å². The van der Waals surface area contributed by atoms with Gasteiger partial charge in [-0.15, -0.1) is 0 Å². The third-order valence-corrected chi connectivity index (χ3v) is 3.54. The van der Waals surface area contributed by atoms with Gasteiger partial charge in [-0.05, 0) is 43.9 Å². The van der Waals surface area contributed by atoms with Crippen LogP contribution in [0.1, 0.15) is 34.7 Å². The molecule has 2 N–H and O–H groups in total. The van der Waals surface area contributed by atoms with E-state index in [-0.39, 0.29) is 11.9 Å². The number of hydrogen-bond acceptors (Lipinski definition) is 1. The molecule has 0 spiro atoms. The van der Waals surface area contributed by atoms with E-state index in [1.165, 1.54) is 17.2 Å². The Morgan fingerprint density at radius 3 is 2.58 bits per heavy atom. The first-order valence-corrected chi connectivity index (χ1v) is 6.64. The van der Waals surface area contributed by atoms with Crippen LogP contribution in [0, 0.1) is 19.7 Å². The molecule has 0 aliphatic carbocycles.